The average Bonchev–Trinajstić information content (AvgIpc) is 2.82. The number of rotatable bonds is 4. The summed E-state index contributed by atoms with van der Waals surface area (Å²) in [6.07, 6.45) is -2.39. The van der Waals surface area contributed by atoms with E-state index >= 15 is 0 Å². The van der Waals surface area contributed by atoms with E-state index in [-0.39, 0.29) is 5.41 Å². The van der Waals surface area contributed by atoms with Crippen LogP contribution in [0.1, 0.15) is 44.4 Å². The molecule has 8 heteroatoms. The molecule has 2 aromatic carbocycles. The van der Waals surface area contributed by atoms with Gasteiger partial charge in [0, 0.05) is 28.4 Å². The van der Waals surface area contributed by atoms with Crippen molar-refractivity contribution in [2.45, 2.75) is 39.4 Å². The number of carbonyl (C=O) groups is 2. The maximum absolute atomic E-state index is 13.5. The molecule has 0 bridgehead atoms. The molecule has 2 aromatic rings. The van der Waals surface area contributed by atoms with E-state index in [0.29, 0.717) is 53.1 Å². The molecule has 2 heterocycles. The minimum Gasteiger partial charge on any atom is -0.486 e. The molecule has 0 saturated carbocycles. The van der Waals surface area contributed by atoms with Crippen LogP contribution in [-0.4, -0.2) is 42.8 Å². The quantitative estimate of drug-likeness (QED) is 0.726. The van der Waals surface area contributed by atoms with Crippen molar-refractivity contribution in [1.29, 1.82) is 0 Å². The largest absolute Gasteiger partial charge is 0.486 e. The summed E-state index contributed by atoms with van der Waals surface area (Å²) in [4.78, 5) is 26.7. The van der Waals surface area contributed by atoms with Crippen molar-refractivity contribution in [3.63, 3.8) is 0 Å². The highest BCUT2D eigenvalue weighted by atomic mass is 35.5. The number of benzene rings is 2. The first-order valence-corrected chi connectivity index (χ1v) is 10.9. The highest BCUT2D eigenvalue weighted by molar-refractivity contribution is 6.30. The van der Waals surface area contributed by atoms with Gasteiger partial charge in [-0.2, -0.15) is 0 Å². The molecule has 32 heavy (non-hydrogen) atoms. The first kappa shape index (κ1) is 22.4. The van der Waals surface area contributed by atoms with E-state index in [2.05, 4.69) is 0 Å². The van der Waals surface area contributed by atoms with E-state index in [1.54, 1.807) is 29.2 Å². The number of carboxylic acid groups (broad SMARTS) is 1. The summed E-state index contributed by atoms with van der Waals surface area (Å²) in [5, 5.41) is 9.97. The highest BCUT2D eigenvalue weighted by Crippen LogP contribution is 2.46. The number of nitrogens with zero attached hydrogens (tertiary/aromatic N) is 1. The lowest BCUT2D eigenvalue weighted by Gasteiger charge is -2.31. The standard InChI is InChI=1S/C24H26ClNO6/c1-24(2,3)13-26-17-8-7-14(25)11-16(17)21(32-19(23(26)29)12-20(27)28)15-5-4-6-18-22(15)31-10-9-30-18/h4-8,11,19,21H,9-10,12-13H2,1-3H3,(H,27,28). The van der Waals surface area contributed by atoms with Crippen LogP contribution >= 0.6 is 11.6 Å². The van der Waals surface area contributed by atoms with Crippen molar-refractivity contribution in [3.05, 3.63) is 52.5 Å². The lowest BCUT2D eigenvalue weighted by molar-refractivity contribution is -0.147. The summed E-state index contributed by atoms with van der Waals surface area (Å²) in [6, 6.07) is 10.7. The van der Waals surface area contributed by atoms with Crippen LogP contribution in [0.4, 0.5) is 5.69 Å². The monoisotopic (exact) mass is 459 g/mol. The van der Waals surface area contributed by atoms with Gasteiger partial charge in [-0.1, -0.05) is 44.5 Å². The maximum Gasteiger partial charge on any atom is 0.306 e. The number of hydrogen-bond acceptors (Lipinski definition) is 5. The minimum atomic E-state index is -1.17. The molecule has 2 aliphatic heterocycles. The number of carbonyl (C=O) groups excluding carboxylic acids is 1. The number of anilines is 1. The van der Waals surface area contributed by atoms with E-state index in [1.807, 2.05) is 32.9 Å². The Morgan fingerprint density at radius 2 is 1.91 bits per heavy atom. The van der Waals surface area contributed by atoms with Gasteiger partial charge in [-0.3, -0.25) is 9.59 Å². The van der Waals surface area contributed by atoms with Gasteiger partial charge in [0.25, 0.3) is 5.91 Å². The summed E-state index contributed by atoms with van der Waals surface area (Å²) in [5.41, 5.74) is 1.74. The second kappa shape index (κ2) is 8.64. The predicted molar refractivity (Wildman–Crippen MR) is 120 cm³/mol. The van der Waals surface area contributed by atoms with Gasteiger partial charge >= 0.3 is 5.97 Å². The molecule has 7 nitrogen and oxygen atoms in total. The van der Waals surface area contributed by atoms with Crippen molar-refractivity contribution in [2.75, 3.05) is 24.7 Å². The molecule has 0 aliphatic carbocycles. The summed E-state index contributed by atoms with van der Waals surface area (Å²) < 4.78 is 17.9. The zero-order valence-electron chi connectivity index (χ0n) is 18.3. The Labute approximate surface area is 191 Å². The third kappa shape index (κ3) is 4.54. The second-order valence-electron chi connectivity index (χ2n) is 9.16. The van der Waals surface area contributed by atoms with Crippen LogP contribution in [0.15, 0.2) is 36.4 Å². The molecule has 1 N–H and O–H groups in total. The zero-order chi connectivity index (χ0) is 23.0. The van der Waals surface area contributed by atoms with Gasteiger partial charge in [0.05, 0.1) is 6.42 Å². The first-order valence-electron chi connectivity index (χ1n) is 10.5. The number of ether oxygens (including phenoxy) is 3. The third-order valence-electron chi connectivity index (χ3n) is 5.28. The van der Waals surface area contributed by atoms with Gasteiger partial charge in [0.1, 0.15) is 25.4 Å². The number of carboxylic acids is 1. The molecule has 0 aromatic heterocycles. The van der Waals surface area contributed by atoms with Crippen molar-refractivity contribution in [2.24, 2.45) is 5.41 Å². The first-order chi connectivity index (χ1) is 15.1. The Balaban J connectivity index is 1.91. The van der Waals surface area contributed by atoms with E-state index in [9.17, 15) is 14.7 Å². The van der Waals surface area contributed by atoms with Gasteiger partial charge in [0.2, 0.25) is 0 Å². The summed E-state index contributed by atoms with van der Waals surface area (Å²) in [7, 11) is 0. The Kier molecular flexibility index (Phi) is 6.05. The fraction of sp³-hybridized carbons (Fsp3) is 0.417. The Hall–Kier alpha value is -2.77. The van der Waals surface area contributed by atoms with Crippen LogP contribution in [0.3, 0.4) is 0 Å². The average molecular weight is 460 g/mol. The van der Waals surface area contributed by atoms with E-state index in [0.717, 1.165) is 0 Å². The molecular formula is C24H26ClNO6. The molecule has 0 saturated heterocycles. The number of halogens is 1. The van der Waals surface area contributed by atoms with Crippen molar-refractivity contribution in [3.8, 4) is 11.5 Å². The normalized spacial score (nSPS) is 20.5. The van der Waals surface area contributed by atoms with E-state index in [1.165, 1.54) is 0 Å². The fourth-order valence-corrected chi connectivity index (χ4v) is 4.23. The van der Waals surface area contributed by atoms with Crippen LogP contribution < -0.4 is 14.4 Å². The number of fused-ring (bicyclic) bond motifs is 2. The third-order valence-corrected chi connectivity index (χ3v) is 5.51. The molecule has 2 atom stereocenters. The van der Waals surface area contributed by atoms with E-state index < -0.39 is 30.5 Å². The molecular weight excluding hydrogens is 434 g/mol. The van der Waals surface area contributed by atoms with Crippen LogP contribution in [0.25, 0.3) is 0 Å². The Bertz CT molecular complexity index is 1050. The molecule has 1 amide bonds. The van der Waals surface area contributed by atoms with Crippen LogP contribution in [-0.2, 0) is 14.3 Å². The number of aliphatic carboxylic acids is 1. The number of amides is 1. The highest BCUT2D eigenvalue weighted by Gasteiger charge is 2.40. The summed E-state index contributed by atoms with van der Waals surface area (Å²) in [5.74, 6) is -0.398. The van der Waals surface area contributed by atoms with E-state index in [4.69, 9.17) is 25.8 Å². The molecule has 0 spiro atoms. The van der Waals surface area contributed by atoms with Gasteiger partial charge < -0.3 is 24.2 Å². The predicted octanol–water partition coefficient (Wildman–Crippen LogP) is 4.45. The molecule has 170 valence electrons. The lowest BCUT2D eigenvalue weighted by Crippen LogP contribution is -2.44. The molecule has 0 fully saturated rings. The summed E-state index contributed by atoms with van der Waals surface area (Å²) >= 11 is 6.35. The zero-order valence-corrected chi connectivity index (χ0v) is 19.0. The van der Waals surface area contributed by atoms with Gasteiger partial charge in [-0.15, -0.1) is 0 Å². The molecule has 2 unspecified atom stereocenters. The van der Waals surface area contributed by atoms with Crippen LogP contribution in [0.5, 0.6) is 11.5 Å². The topological polar surface area (TPSA) is 85.3 Å². The van der Waals surface area contributed by atoms with Gasteiger partial charge in [-0.05, 0) is 29.7 Å². The summed E-state index contributed by atoms with van der Waals surface area (Å²) in [6.45, 7) is 7.26. The molecule has 4 rings (SSSR count). The Morgan fingerprint density at radius 3 is 2.62 bits per heavy atom. The van der Waals surface area contributed by atoms with Gasteiger partial charge in [0.15, 0.2) is 11.5 Å². The smallest absolute Gasteiger partial charge is 0.306 e. The molecule has 0 radical (unpaired) electrons. The molecule has 2 aliphatic rings. The minimum absolute atomic E-state index is 0.233. The van der Waals surface area contributed by atoms with Crippen molar-refractivity contribution < 1.29 is 28.9 Å². The van der Waals surface area contributed by atoms with Crippen molar-refractivity contribution in [1.82, 2.24) is 0 Å². The SMILES string of the molecule is CC(C)(C)CN1C(=O)C(CC(=O)O)OC(c2cccc3c2OCCO3)c2cc(Cl)ccc21. The second-order valence-corrected chi connectivity index (χ2v) is 9.60. The lowest BCUT2D eigenvalue weighted by atomic mass is 9.94. The number of para-hydroxylation sites is 1. The maximum atomic E-state index is 13.5. The Morgan fingerprint density at radius 1 is 1.16 bits per heavy atom. The van der Waals surface area contributed by atoms with Crippen LogP contribution in [0, 0.1) is 5.41 Å². The van der Waals surface area contributed by atoms with Crippen molar-refractivity contribution >= 4 is 29.2 Å². The van der Waals surface area contributed by atoms with Crippen LogP contribution in [0.2, 0.25) is 5.02 Å². The number of hydrogen-bond donors (Lipinski definition) is 1. The fourth-order valence-electron chi connectivity index (χ4n) is 4.04. The van der Waals surface area contributed by atoms with Gasteiger partial charge in [-0.25, -0.2) is 0 Å².